The van der Waals surface area contributed by atoms with Crippen molar-refractivity contribution in [2.45, 2.75) is 27.2 Å². The quantitative estimate of drug-likeness (QED) is 0.819. The number of hydrogen-bond acceptors (Lipinski definition) is 3. The Hall–Kier alpha value is -1.97. The van der Waals surface area contributed by atoms with E-state index in [0.717, 1.165) is 11.3 Å². The number of ketones is 1. The highest BCUT2D eigenvalue weighted by Gasteiger charge is 2.34. The molecule has 1 aromatic carbocycles. The van der Waals surface area contributed by atoms with E-state index in [1.54, 1.807) is 6.92 Å². The van der Waals surface area contributed by atoms with Crippen LogP contribution in [-0.4, -0.2) is 17.4 Å². The average molecular weight is 244 g/mol. The largest absolute Gasteiger partial charge is 0.300 e. The molecule has 18 heavy (non-hydrogen) atoms. The van der Waals surface area contributed by atoms with E-state index < -0.39 is 5.92 Å². The molecule has 1 aliphatic rings. The lowest BCUT2D eigenvalue weighted by Crippen LogP contribution is -2.28. The third-order valence-corrected chi connectivity index (χ3v) is 3.04. The lowest BCUT2D eigenvalue weighted by atomic mass is 9.98. The summed E-state index contributed by atoms with van der Waals surface area (Å²) in [5.74, 6) is -0.510. The zero-order chi connectivity index (χ0) is 13.3. The van der Waals surface area contributed by atoms with Crippen molar-refractivity contribution < 1.29 is 9.59 Å². The van der Waals surface area contributed by atoms with Crippen LogP contribution < -0.4 is 5.01 Å². The van der Waals surface area contributed by atoms with Gasteiger partial charge < -0.3 is 0 Å². The van der Waals surface area contributed by atoms with Gasteiger partial charge in [0.25, 0.3) is 5.91 Å². The summed E-state index contributed by atoms with van der Waals surface area (Å²) in [7, 11) is 0. The number of carbonyl (C=O) groups excluding carboxylic acids is 2. The molecule has 1 amide bonds. The summed E-state index contributed by atoms with van der Waals surface area (Å²) in [5, 5.41) is 5.64. The van der Waals surface area contributed by atoms with E-state index in [-0.39, 0.29) is 18.1 Å². The molecular weight excluding hydrogens is 228 g/mol. The molecule has 0 aromatic heterocycles. The molecule has 0 radical (unpaired) electrons. The predicted octanol–water partition coefficient (Wildman–Crippen LogP) is 2.31. The summed E-state index contributed by atoms with van der Waals surface area (Å²) in [6.07, 6.45) is 0.233. The highest BCUT2D eigenvalue weighted by Crippen LogP contribution is 2.25. The molecule has 4 heteroatoms. The maximum absolute atomic E-state index is 12.2. The van der Waals surface area contributed by atoms with E-state index in [9.17, 15) is 9.59 Å². The molecule has 0 fully saturated rings. The second-order valence-electron chi connectivity index (χ2n) is 4.69. The summed E-state index contributed by atoms with van der Waals surface area (Å²) in [5.41, 5.74) is 2.58. The van der Waals surface area contributed by atoms with E-state index in [1.165, 1.54) is 11.9 Å². The van der Waals surface area contributed by atoms with E-state index in [0.29, 0.717) is 5.71 Å². The first-order chi connectivity index (χ1) is 8.49. The van der Waals surface area contributed by atoms with Gasteiger partial charge in [-0.1, -0.05) is 17.7 Å². The van der Waals surface area contributed by atoms with Gasteiger partial charge in [-0.15, -0.1) is 0 Å². The number of anilines is 1. The van der Waals surface area contributed by atoms with Gasteiger partial charge >= 0.3 is 0 Å². The van der Waals surface area contributed by atoms with Crippen molar-refractivity contribution >= 4 is 23.1 Å². The highest BCUT2D eigenvalue weighted by molar-refractivity contribution is 6.16. The van der Waals surface area contributed by atoms with Gasteiger partial charge in [0.15, 0.2) is 0 Å². The van der Waals surface area contributed by atoms with Crippen molar-refractivity contribution in [2.75, 3.05) is 5.01 Å². The summed E-state index contributed by atoms with van der Waals surface area (Å²) < 4.78 is 0. The highest BCUT2D eigenvalue weighted by atomic mass is 16.2. The van der Waals surface area contributed by atoms with Crippen LogP contribution in [0, 0.1) is 12.8 Å². The van der Waals surface area contributed by atoms with Crippen LogP contribution in [0.1, 0.15) is 25.8 Å². The van der Waals surface area contributed by atoms with E-state index in [1.807, 2.05) is 31.2 Å². The SMILES string of the molecule is CC(=O)CC1C(=O)N(c2ccc(C)cc2)N=C1C. The second kappa shape index (κ2) is 4.72. The third-order valence-electron chi connectivity index (χ3n) is 3.04. The van der Waals surface area contributed by atoms with E-state index in [2.05, 4.69) is 5.10 Å². The molecular formula is C14H16N2O2. The van der Waals surface area contributed by atoms with Gasteiger partial charge in [-0.2, -0.15) is 5.10 Å². The smallest absolute Gasteiger partial charge is 0.256 e. The Labute approximate surface area is 106 Å². The number of hydrogen-bond donors (Lipinski definition) is 0. The minimum atomic E-state index is -0.399. The minimum Gasteiger partial charge on any atom is -0.300 e. The van der Waals surface area contributed by atoms with Crippen molar-refractivity contribution in [3.63, 3.8) is 0 Å². The molecule has 1 atom stereocenters. The predicted molar refractivity (Wildman–Crippen MR) is 70.6 cm³/mol. The zero-order valence-electron chi connectivity index (χ0n) is 10.8. The lowest BCUT2D eigenvalue weighted by Gasteiger charge is -2.13. The molecule has 0 aliphatic carbocycles. The zero-order valence-corrected chi connectivity index (χ0v) is 10.8. The number of rotatable bonds is 3. The van der Waals surface area contributed by atoms with E-state index in [4.69, 9.17) is 0 Å². The van der Waals surface area contributed by atoms with Gasteiger partial charge in [0.2, 0.25) is 0 Å². The van der Waals surface area contributed by atoms with Crippen LogP contribution >= 0.6 is 0 Å². The molecule has 1 unspecified atom stereocenters. The van der Waals surface area contributed by atoms with Crippen LogP contribution in [0.2, 0.25) is 0 Å². The van der Waals surface area contributed by atoms with Crippen molar-refractivity contribution in [1.29, 1.82) is 0 Å². The van der Waals surface area contributed by atoms with Crippen LogP contribution in [0.5, 0.6) is 0 Å². The number of amides is 1. The molecule has 1 aliphatic heterocycles. The van der Waals surface area contributed by atoms with Gasteiger partial charge in [-0.05, 0) is 32.9 Å². The van der Waals surface area contributed by atoms with Crippen LogP contribution in [0.15, 0.2) is 29.4 Å². The molecule has 1 aromatic rings. The van der Waals surface area contributed by atoms with Crippen LogP contribution in [0.25, 0.3) is 0 Å². The maximum atomic E-state index is 12.2. The first kappa shape index (κ1) is 12.5. The number of benzene rings is 1. The Morgan fingerprint density at radius 3 is 2.44 bits per heavy atom. The van der Waals surface area contributed by atoms with Crippen LogP contribution in [-0.2, 0) is 9.59 Å². The fourth-order valence-electron chi connectivity index (χ4n) is 2.00. The average Bonchev–Trinajstić information content (AvgIpc) is 2.58. The second-order valence-corrected chi connectivity index (χ2v) is 4.69. The number of nitrogens with zero attached hydrogens (tertiary/aromatic N) is 2. The first-order valence-corrected chi connectivity index (χ1v) is 5.94. The van der Waals surface area contributed by atoms with Crippen molar-refractivity contribution in [3.8, 4) is 0 Å². The van der Waals surface area contributed by atoms with Gasteiger partial charge in [0.1, 0.15) is 5.78 Å². The Morgan fingerprint density at radius 2 is 1.89 bits per heavy atom. The molecule has 0 N–H and O–H groups in total. The number of Topliss-reactive ketones (excluding diaryl/α,β-unsaturated/α-hetero) is 1. The van der Waals surface area contributed by atoms with Crippen LogP contribution in [0.4, 0.5) is 5.69 Å². The van der Waals surface area contributed by atoms with Gasteiger partial charge in [0.05, 0.1) is 11.6 Å². The Balaban J connectivity index is 2.25. The van der Waals surface area contributed by atoms with Crippen molar-refractivity contribution in [1.82, 2.24) is 0 Å². The molecule has 4 nitrogen and oxygen atoms in total. The number of carbonyl (C=O) groups is 2. The molecule has 94 valence electrons. The molecule has 0 bridgehead atoms. The molecule has 0 saturated carbocycles. The monoisotopic (exact) mass is 244 g/mol. The summed E-state index contributed by atoms with van der Waals surface area (Å²) in [6.45, 7) is 5.28. The fourth-order valence-corrected chi connectivity index (χ4v) is 2.00. The summed E-state index contributed by atoms with van der Waals surface area (Å²) in [6, 6.07) is 7.60. The first-order valence-electron chi connectivity index (χ1n) is 5.94. The fraction of sp³-hybridized carbons (Fsp3) is 0.357. The van der Waals surface area contributed by atoms with Gasteiger partial charge in [0, 0.05) is 12.1 Å². The molecule has 0 saturated heterocycles. The van der Waals surface area contributed by atoms with Crippen LogP contribution in [0.3, 0.4) is 0 Å². The standard InChI is InChI=1S/C14H16N2O2/c1-9-4-6-12(7-5-9)16-14(18)13(8-10(2)17)11(3)15-16/h4-7,13H,8H2,1-3H3. The Kier molecular flexibility index (Phi) is 3.28. The molecule has 2 rings (SSSR count). The third kappa shape index (κ3) is 2.32. The van der Waals surface area contributed by atoms with Crippen molar-refractivity contribution in [2.24, 2.45) is 11.0 Å². The van der Waals surface area contributed by atoms with E-state index >= 15 is 0 Å². The Bertz CT molecular complexity index is 517. The topological polar surface area (TPSA) is 49.7 Å². The molecule has 1 heterocycles. The van der Waals surface area contributed by atoms with Gasteiger partial charge in [-0.3, -0.25) is 9.59 Å². The normalized spacial score (nSPS) is 19.1. The Morgan fingerprint density at radius 1 is 1.28 bits per heavy atom. The maximum Gasteiger partial charge on any atom is 0.256 e. The number of hydrazone groups is 1. The number of aryl methyl sites for hydroxylation is 1. The lowest BCUT2D eigenvalue weighted by molar-refractivity contribution is -0.124. The summed E-state index contributed by atoms with van der Waals surface area (Å²) >= 11 is 0. The minimum absolute atomic E-state index is 0.00801. The summed E-state index contributed by atoms with van der Waals surface area (Å²) in [4.78, 5) is 23.3. The van der Waals surface area contributed by atoms with Crippen molar-refractivity contribution in [3.05, 3.63) is 29.8 Å². The molecule has 0 spiro atoms. The van der Waals surface area contributed by atoms with Gasteiger partial charge in [-0.25, -0.2) is 5.01 Å².